The van der Waals surface area contributed by atoms with Crippen molar-refractivity contribution in [1.82, 2.24) is 9.78 Å². The SMILES string of the molecule is CCOC(=O)c1nn(C2CCOCC2)c2c1CSc1c(F)cccc1-2. The van der Waals surface area contributed by atoms with Crippen molar-refractivity contribution in [3.05, 3.63) is 35.3 Å². The summed E-state index contributed by atoms with van der Waals surface area (Å²) in [7, 11) is 0. The van der Waals surface area contributed by atoms with E-state index < -0.39 is 5.97 Å². The van der Waals surface area contributed by atoms with Gasteiger partial charge < -0.3 is 9.47 Å². The summed E-state index contributed by atoms with van der Waals surface area (Å²) in [5, 5.41) is 4.61. The van der Waals surface area contributed by atoms with E-state index in [1.54, 1.807) is 13.0 Å². The molecule has 0 spiro atoms. The highest BCUT2D eigenvalue weighted by molar-refractivity contribution is 7.98. The van der Waals surface area contributed by atoms with Gasteiger partial charge in [0.25, 0.3) is 0 Å². The molecule has 0 atom stereocenters. The van der Waals surface area contributed by atoms with E-state index in [9.17, 15) is 9.18 Å². The molecule has 7 heteroatoms. The van der Waals surface area contributed by atoms with Gasteiger partial charge in [-0.25, -0.2) is 9.18 Å². The number of benzene rings is 1. The standard InChI is InChI=1S/C18H19FN2O3S/c1-2-24-18(22)15-13-10-25-17-12(4-3-5-14(17)19)16(13)21(20-15)11-6-8-23-9-7-11/h3-5,11H,2,6-10H2,1H3. The van der Waals surface area contributed by atoms with Crippen LogP contribution >= 0.6 is 11.8 Å². The van der Waals surface area contributed by atoms with Crippen LogP contribution in [0.3, 0.4) is 0 Å². The van der Waals surface area contributed by atoms with Gasteiger partial charge in [0.05, 0.1) is 23.2 Å². The van der Waals surface area contributed by atoms with Gasteiger partial charge in [0, 0.05) is 30.1 Å². The third-order valence-electron chi connectivity index (χ3n) is 4.60. The molecule has 0 bridgehead atoms. The van der Waals surface area contributed by atoms with Crippen LogP contribution in [0.2, 0.25) is 0 Å². The van der Waals surface area contributed by atoms with Crippen molar-refractivity contribution in [3.8, 4) is 11.3 Å². The summed E-state index contributed by atoms with van der Waals surface area (Å²) in [6.45, 7) is 3.41. The van der Waals surface area contributed by atoms with Gasteiger partial charge in [-0.05, 0) is 25.8 Å². The maximum Gasteiger partial charge on any atom is 0.359 e. The highest BCUT2D eigenvalue weighted by Gasteiger charge is 2.33. The van der Waals surface area contributed by atoms with E-state index in [1.807, 2.05) is 10.7 Å². The van der Waals surface area contributed by atoms with Gasteiger partial charge in [-0.2, -0.15) is 5.10 Å². The van der Waals surface area contributed by atoms with Gasteiger partial charge in [-0.15, -0.1) is 11.8 Å². The average molecular weight is 362 g/mol. The number of thioether (sulfide) groups is 1. The third kappa shape index (κ3) is 2.85. The molecule has 0 unspecified atom stereocenters. The van der Waals surface area contributed by atoms with Gasteiger partial charge in [-0.1, -0.05) is 12.1 Å². The fourth-order valence-electron chi connectivity index (χ4n) is 3.43. The summed E-state index contributed by atoms with van der Waals surface area (Å²) in [6.07, 6.45) is 1.66. The summed E-state index contributed by atoms with van der Waals surface area (Å²) < 4.78 is 26.8. The summed E-state index contributed by atoms with van der Waals surface area (Å²) in [6, 6.07) is 5.22. The molecule has 4 rings (SSSR count). The van der Waals surface area contributed by atoms with Crippen molar-refractivity contribution in [2.24, 2.45) is 0 Å². The van der Waals surface area contributed by atoms with Crippen LogP contribution in [0.4, 0.5) is 4.39 Å². The Hall–Kier alpha value is -1.86. The predicted molar refractivity (Wildman–Crippen MR) is 92.2 cm³/mol. The molecular weight excluding hydrogens is 343 g/mol. The number of ether oxygens (including phenoxy) is 2. The summed E-state index contributed by atoms with van der Waals surface area (Å²) in [5.74, 6) is -0.128. The van der Waals surface area contributed by atoms with Crippen molar-refractivity contribution >= 4 is 17.7 Å². The van der Waals surface area contributed by atoms with Crippen LogP contribution in [-0.4, -0.2) is 35.6 Å². The van der Waals surface area contributed by atoms with Crippen LogP contribution in [0.5, 0.6) is 0 Å². The Bertz CT molecular complexity index is 815. The zero-order valence-corrected chi connectivity index (χ0v) is 14.8. The van der Waals surface area contributed by atoms with Crippen molar-refractivity contribution in [3.63, 3.8) is 0 Å². The van der Waals surface area contributed by atoms with Crippen molar-refractivity contribution in [2.75, 3.05) is 19.8 Å². The summed E-state index contributed by atoms with van der Waals surface area (Å²) in [4.78, 5) is 13.0. The molecule has 0 saturated carbocycles. The molecular formula is C18H19FN2O3S. The van der Waals surface area contributed by atoms with Gasteiger partial charge in [-0.3, -0.25) is 4.68 Å². The van der Waals surface area contributed by atoms with Crippen LogP contribution in [0.25, 0.3) is 11.3 Å². The summed E-state index contributed by atoms with van der Waals surface area (Å²) >= 11 is 1.41. The maximum atomic E-state index is 14.3. The van der Waals surface area contributed by atoms with Gasteiger partial charge in [0.1, 0.15) is 5.82 Å². The smallest absolute Gasteiger partial charge is 0.359 e. The fraction of sp³-hybridized carbons (Fsp3) is 0.444. The first-order chi connectivity index (χ1) is 12.2. The van der Waals surface area contributed by atoms with E-state index in [2.05, 4.69) is 5.10 Å². The largest absolute Gasteiger partial charge is 0.461 e. The lowest BCUT2D eigenvalue weighted by Gasteiger charge is -2.26. The minimum atomic E-state index is -0.412. The third-order valence-corrected chi connectivity index (χ3v) is 5.73. The fourth-order valence-corrected chi connectivity index (χ4v) is 4.52. The minimum absolute atomic E-state index is 0.143. The predicted octanol–water partition coefficient (Wildman–Crippen LogP) is 3.82. The molecule has 1 saturated heterocycles. The average Bonchev–Trinajstić information content (AvgIpc) is 3.03. The zero-order chi connectivity index (χ0) is 17.4. The normalized spacial score (nSPS) is 17.0. The second-order valence-corrected chi connectivity index (χ2v) is 7.08. The highest BCUT2D eigenvalue weighted by atomic mass is 32.2. The highest BCUT2D eigenvalue weighted by Crippen LogP contribution is 2.45. The van der Waals surface area contributed by atoms with Gasteiger partial charge in [0.2, 0.25) is 0 Å². The van der Waals surface area contributed by atoms with E-state index in [0.29, 0.717) is 36.2 Å². The molecule has 0 aliphatic carbocycles. The van der Waals surface area contributed by atoms with Crippen LogP contribution in [0.1, 0.15) is 41.9 Å². The Balaban J connectivity index is 1.88. The first kappa shape index (κ1) is 16.6. The lowest BCUT2D eigenvalue weighted by Crippen LogP contribution is -2.22. The van der Waals surface area contributed by atoms with E-state index in [-0.39, 0.29) is 11.9 Å². The number of fused-ring (bicyclic) bond motifs is 3. The van der Waals surface area contributed by atoms with Crippen molar-refractivity contribution < 1.29 is 18.7 Å². The van der Waals surface area contributed by atoms with Crippen LogP contribution in [0.15, 0.2) is 23.1 Å². The second-order valence-electron chi connectivity index (χ2n) is 6.09. The summed E-state index contributed by atoms with van der Waals surface area (Å²) in [5.41, 5.74) is 2.85. The number of carbonyl (C=O) groups excluding carboxylic acids is 1. The van der Waals surface area contributed by atoms with E-state index in [0.717, 1.165) is 29.7 Å². The molecule has 2 aliphatic rings. The van der Waals surface area contributed by atoms with Gasteiger partial charge in [0.15, 0.2) is 5.69 Å². The molecule has 0 N–H and O–H groups in total. The molecule has 1 aromatic heterocycles. The Kier molecular flexibility index (Phi) is 4.52. The Morgan fingerprint density at radius 1 is 1.44 bits per heavy atom. The van der Waals surface area contributed by atoms with E-state index in [4.69, 9.17) is 9.47 Å². The molecule has 25 heavy (non-hydrogen) atoms. The molecule has 1 fully saturated rings. The van der Waals surface area contributed by atoms with Crippen molar-refractivity contribution in [2.45, 2.75) is 36.5 Å². The number of halogens is 1. The molecule has 0 amide bonds. The first-order valence-corrected chi connectivity index (χ1v) is 9.47. The second kappa shape index (κ2) is 6.80. The van der Waals surface area contributed by atoms with Gasteiger partial charge >= 0.3 is 5.97 Å². The molecule has 0 radical (unpaired) electrons. The number of hydrogen-bond donors (Lipinski definition) is 0. The van der Waals surface area contributed by atoms with Crippen LogP contribution in [0, 0.1) is 5.82 Å². The molecule has 5 nitrogen and oxygen atoms in total. The Morgan fingerprint density at radius 2 is 2.24 bits per heavy atom. The minimum Gasteiger partial charge on any atom is -0.461 e. The van der Waals surface area contributed by atoms with Crippen LogP contribution < -0.4 is 0 Å². The monoisotopic (exact) mass is 362 g/mol. The number of esters is 1. The van der Waals surface area contributed by atoms with E-state index >= 15 is 0 Å². The number of carbonyl (C=O) groups is 1. The Morgan fingerprint density at radius 3 is 3.00 bits per heavy atom. The lowest BCUT2D eigenvalue weighted by molar-refractivity contribution is 0.0512. The zero-order valence-electron chi connectivity index (χ0n) is 14.0. The number of aromatic nitrogens is 2. The van der Waals surface area contributed by atoms with Crippen molar-refractivity contribution in [1.29, 1.82) is 0 Å². The number of nitrogens with zero attached hydrogens (tertiary/aromatic N) is 2. The lowest BCUT2D eigenvalue weighted by atomic mass is 10.0. The van der Waals surface area contributed by atoms with E-state index in [1.165, 1.54) is 17.8 Å². The van der Waals surface area contributed by atoms with Crippen LogP contribution in [-0.2, 0) is 15.2 Å². The number of hydrogen-bond acceptors (Lipinski definition) is 5. The molecule has 2 aromatic rings. The molecule has 1 aromatic carbocycles. The molecule has 2 aliphatic heterocycles. The first-order valence-electron chi connectivity index (χ1n) is 8.48. The number of rotatable bonds is 3. The molecule has 3 heterocycles. The molecule has 132 valence electrons. The topological polar surface area (TPSA) is 53.3 Å². The quantitative estimate of drug-likeness (QED) is 0.777. The Labute approximate surface area is 149 Å². The maximum absolute atomic E-state index is 14.3.